The molecule has 2 rings (SSSR count). The van der Waals surface area contributed by atoms with Crippen LogP contribution in [0, 0.1) is 0 Å². The first kappa shape index (κ1) is 14.7. The molecule has 5 nitrogen and oxygen atoms in total. The summed E-state index contributed by atoms with van der Waals surface area (Å²) in [6, 6.07) is 1.39. The molecule has 0 fully saturated rings. The first-order chi connectivity index (χ1) is 9.61. The van der Waals surface area contributed by atoms with Gasteiger partial charge in [0.2, 0.25) is 5.91 Å². The normalized spacial score (nSPS) is 11.9. The number of thiophene rings is 1. The monoisotopic (exact) mass is 309 g/mol. The van der Waals surface area contributed by atoms with Crippen LogP contribution in [-0.2, 0) is 4.79 Å². The van der Waals surface area contributed by atoms with Gasteiger partial charge in [-0.3, -0.25) is 9.59 Å². The van der Waals surface area contributed by atoms with Gasteiger partial charge in [0, 0.05) is 22.9 Å². The number of nitrogens with one attached hydrogen (secondary N) is 2. The molecule has 2 aromatic rings. The lowest BCUT2D eigenvalue weighted by Crippen LogP contribution is -2.44. The minimum absolute atomic E-state index is 0.200. The highest BCUT2D eigenvalue weighted by Crippen LogP contribution is 2.25. The average Bonchev–Trinajstić information content (AvgIpc) is 3.09. The summed E-state index contributed by atoms with van der Waals surface area (Å²) < 4.78 is 0. The van der Waals surface area contributed by atoms with Crippen molar-refractivity contribution in [1.29, 1.82) is 0 Å². The van der Waals surface area contributed by atoms with E-state index in [1.54, 1.807) is 23.6 Å². The maximum atomic E-state index is 12.0. The number of hydrogen-bond donors (Lipinski definition) is 2. The zero-order valence-electron chi connectivity index (χ0n) is 11.2. The van der Waals surface area contributed by atoms with E-state index in [1.165, 1.54) is 11.3 Å². The smallest absolute Gasteiger partial charge is 0.271 e. The minimum atomic E-state index is -0.575. The molecule has 0 radical (unpaired) electrons. The van der Waals surface area contributed by atoms with Gasteiger partial charge in [-0.25, -0.2) is 4.98 Å². The summed E-state index contributed by atoms with van der Waals surface area (Å²) in [6.07, 6.45) is 0. The van der Waals surface area contributed by atoms with Crippen molar-refractivity contribution in [2.24, 2.45) is 0 Å². The first-order valence-electron chi connectivity index (χ1n) is 6.18. The van der Waals surface area contributed by atoms with E-state index >= 15 is 0 Å². The zero-order valence-corrected chi connectivity index (χ0v) is 12.8. The van der Waals surface area contributed by atoms with Crippen LogP contribution in [0.5, 0.6) is 0 Å². The number of carbonyl (C=O) groups is 2. The van der Waals surface area contributed by atoms with Crippen LogP contribution in [0.2, 0.25) is 0 Å². The molecule has 20 heavy (non-hydrogen) atoms. The SMILES string of the molecule is CCNC(=O)C(C)NC(=O)c1csc(-c2ccsc2)n1. The van der Waals surface area contributed by atoms with Crippen LogP contribution in [0.1, 0.15) is 24.3 Å². The van der Waals surface area contributed by atoms with Gasteiger partial charge >= 0.3 is 0 Å². The van der Waals surface area contributed by atoms with Crippen molar-refractivity contribution >= 4 is 34.5 Å². The molecule has 0 aliphatic rings. The summed E-state index contributed by atoms with van der Waals surface area (Å²) in [5.41, 5.74) is 1.35. The van der Waals surface area contributed by atoms with Crippen molar-refractivity contribution in [1.82, 2.24) is 15.6 Å². The third-order valence-corrected chi connectivity index (χ3v) is 4.17. The lowest BCUT2D eigenvalue weighted by Gasteiger charge is -2.12. The molecule has 0 spiro atoms. The van der Waals surface area contributed by atoms with Crippen LogP contribution in [-0.4, -0.2) is 29.4 Å². The van der Waals surface area contributed by atoms with Crippen LogP contribution < -0.4 is 10.6 Å². The zero-order chi connectivity index (χ0) is 14.5. The van der Waals surface area contributed by atoms with E-state index in [4.69, 9.17) is 0 Å². The Bertz CT molecular complexity index is 593. The lowest BCUT2D eigenvalue weighted by atomic mass is 10.3. The van der Waals surface area contributed by atoms with Crippen molar-refractivity contribution in [3.05, 3.63) is 27.9 Å². The molecule has 106 valence electrons. The van der Waals surface area contributed by atoms with Gasteiger partial charge in [-0.05, 0) is 25.3 Å². The topological polar surface area (TPSA) is 71.1 Å². The highest BCUT2D eigenvalue weighted by molar-refractivity contribution is 7.14. The summed E-state index contributed by atoms with van der Waals surface area (Å²) in [5.74, 6) is -0.532. The van der Waals surface area contributed by atoms with Crippen molar-refractivity contribution < 1.29 is 9.59 Å². The molecule has 2 heterocycles. The Hall–Kier alpha value is -1.73. The number of carbonyl (C=O) groups excluding carboxylic acids is 2. The summed E-state index contributed by atoms with van der Waals surface area (Å²) >= 11 is 3.00. The molecule has 2 N–H and O–H groups in total. The molecule has 2 amide bonds. The predicted molar refractivity (Wildman–Crippen MR) is 81.0 cm³/mol. The van der Waals surface area contributed by atoms with Crippen molar-refractivity contribution in [3.63, 3.8) is 0 Å². The molecule has 0 aliphatic heterocycles. The number of hydrogen-bond acceptors (Lipinski definition) is 5. The standard InChI is InChI=1S/C13H15N3O2S2/c1-3-14-11(17)8(2)15-12(18)10-7-20-13(16-10)9-4-5-19-6-9/h4-8H,3H2,1-2H3,(H,14,17)(H,15,18). The van der Waals surface area contributed by atoms with Gasteiger partial charge in [-0.2, -0.15) is 11.3 Å². The third kappa shape index (κ3) is 3.43. The number of thiazole rings is 1. The number of amides is 2. The van der Waals surface area contributed by atoms with Crippen molar-refractivity contribution in [2.75, 3.05) is 6.54 Å². The molecule has 1 unspecified atom stereocenters. The third-order valence-electron chi connectivity index (χ3n) is 2.60. The van der Waals surface area contributed by atoms with E-state index in [0.717, 1.165) is 10.6 Å². The first-order valence-corrected chi connectivity index (χ1v) is 8.00. The number of nitrogens with zero attached hydrogens (tertiary/aromatic N) is 1. The summed E-state index contributed by atoms with van der Waals surface area (Å²) in [6.45, 7) is 4.02. The van der Waals surface area contributed by atoms with Crippen molar-refractivity contribution in [2.45, 2.75) is 19.9 Å². The number of rotatable bonds is 5. The van der Waals surface area contributed by atoms with Gasteiger partial charge in [0.1, 0.15) is 16.7 Å². The second-order valence-corrected chi connectivity index (χ2v) is 5.78. The van der Waals surface area contributed by atoms with Gasteiger partial charge in [-0.1, -0.05) is 0 Å². The number of likely N-dealkylation sites (N-methyl/N-ethyl adjacent to an activating group) is 1. The molecule has 0 aliphatic carbocycles. The van der Waals surface area contributed by atoms with E-state index in [9.17, 15) is 9.59 Å². The second kappa shape index (κ2) is 6.62. The average molecular weight is 309 g/mol. The van der Waals surface area contributed by atoms with Gasteiger partial charge in [-0.15, -0.1) is 11.3 Å². The van der Waals surface area contributed by atoms with Gasteiger partial charge in [0.25, 0.3) is 5.91 Å². The van der Waals surface area contributed by atoms with E-state index in [1.807, 2.05) is 23.8 Å². The quantitative estimate of drug-likeness (QED) is 0.889. The summed E-state index contributed by atoms with van der Waals surface area (Å²) in [7, 11) is 0. The van der Waals surface area contributed by atoms with Crippen molar-refractivity contribution in [3.8, 4) is 10.6 Å². The second-order valence-electron chi connectivity index (χ2n) is 4.14. The van der Waals surface area contributed by atoms with Crippen LogP contribution in [0.4, 0.5) is 0 Å². The fraction of sp³-hybridized carbons (Fsp3) is 0.308. The van der Waals surface area contributed by atoms with Crippen LogP contribution in [0.3, 0.4) is 0 Å². The molecule has 7 heteroatoms. The maximum Gasteiger partial charge on any atom is 0.271 e. The molecule has 0 aromatic carbocycles. The van der Waals surface area contributed by atoms with Gasteiger partial charge in [0.15, 0.2) is 0 Å². The number of aromatic nitrogens is 1. The van der Waals surface area contributed by atoms with E-state index in [-0.39, 0.29) is 11.8 Å². The summed E-state index contributed by atoms with van der Waals surface area (Å²) in [4.78, 5) is 27.9. The Morgan fingerprint density at radius 2 is 2.20 bits per heavy atom. The highest BCUT2D eigenvalue weighted by atomic mass is 32.1. The predicted octanol–water partition coefficient (Wildman–Crippen LogP) is 2.13. The van der Waals surface area contributed by atoms with E-state index in [2.05, 4.69) is 15.6 Å². The van der Waals surface area contributed by atoms with Gasteiger partial charge in [0.05, 0.1) is 0 Å². The Morgan fingerprint density at radius 1 is 1.40 bits per heavy atom. The van der Waals surface area contributed by atoms with Crippen LogP contribution in [0.15, 0.2) is 22.2 Å². The minimum Gasteiger partial charge on any atom is -0.355 e. The maximum absolute atomic E-state index is 12.0. The molecule has 2 aromatic heterocycles. The van der Waals surface area contributed by atoms with Crippen LogP contribution >= 0.6 is 22.7 Å². The van der Waals surface area contributed by atoms with Gasteiger partial charge < -0.3 is 10.6 Å². The largest absolute Gasteiger partial charge is 0.355 e. The van der Waals surface area contributed by atoms with Crippen LogP contribution in [0.25, 0.3) is 10.6 Å². The molecular weight excluding hydrogens is 294 g/mol. The fourth-order valence-electron chi connectivity index (χ4n) is 1.56. The lowest BCUT2D eigenvalue weighted by molar-refractivity contribution is -0.122. The van der Waals surface area contributed by atoms with E-state index < -0.39 is 6.04 Å². The fourth-order valence-corrected chi connectivity index (χ4v) is 3.07. The Kier molecular flexibility index (Phi) is 4.86. The Balaban J connectivity index is 2.01. The summed E-state index contributed by atoms with van der Waals surface area (Å²) in [5, 5.41) is 11.8. The van der Waals surface area contributed by atoms with E-state index in [0.29, 0.717) is 12.2 Å². The molecule has 0 saturated carbocycles. The molecule has 0 bridgehead atoms. The molecular formula is C13H15N3O2S2. The molecule has 0 saturated heterocycles. The Labute approximate surface area is 125 Å². The highest BCUT2D eigenvalue weighted by Gasteiger charge is 2.18. The molecule has 1 atom stereocenters. The Morgan fingerprint density at radius 3 is 2.85 bits per heavy atom.